The van der Waals surface area contributed by atoms with Gasteiger partial charge in [0.15, 0.2) is 0 Å². The summed E-state index contributed by atoms with van der Waals surface area (Å²) < 4.78 is 38.2. The van der Waals surface area contributed by atoms with Crippen molar-refractivity contribution in [1.29, 1.82) is 0 Å². The van der Waals surface area contributed by atoms with Gasteiger partial charge in [-0.05, 0) is 6.92 Å². The van der Waals surface area contributed by atoms with E-state index in [1.807, 2.05) is 0 Å². The Hall–Kier alpha value is -0.290. The summed E-state index contributed by atoms with van der Waals surface area (Å²) in [6.07, 6.45) is -4.23. The van der Waals surface area contributed by atoms with E-state index in [0.29, 0.717) is 0 Å². The highest BCUT2D eigenvalue weighted by molar-refractivity contribution is 7.80. The summed E-state index contributed by atoms with van der Waals surface area (Å²) in [5, 5.41) is 19.0. The molecule has 5 N–H and O–H groups in total. The minimum atomic E-state index is -4.60. The summed E-state index contributed by atoms with van der Waals surface area (Å²) in [4.78, 5) is 0. The fourth-order valence-corrected chi connectivity index (χ4v) is 1.77. The Morgan fingerprint density at radius 1 is 1.38 bits per heavy atom. The van der Waals surface area contributed by atoms with Gasteiger partial charge in [0.2, 0.25) is 0 Å². The molecule has 0 spiro atoms. The van der Waals surface area contributed by atoms with Gasteiger partial charge in [0, 0.05) is 0 Å². The van der Waals surface area contributed by atoms with Crippen molar-refractivity contribution in [2.24, 2.45) is 5.73 Å². The SMILES string of the molecule is C[C@@H]1OC(COS(=O)(=O)O)[C@@H](O)C(O)[C@@H]1N. The molecule has 1 aliphatic rings. The van der Waals surface area contributed by atoms with Gasteiger partial charge in [-0.25, -0.2) is 4.18 Å². The van der Waals surface area contributed by atoms with E-state index in [4.69, 9.17) is 15.0 Å². The topological polar surface area (TPSA) is 139 Å². The van der Waals surface area contributed by atoms with Crippen molar-refractivity contribution in [1.82, 2.24) is 0 Å². The molecular weight excluding hydrogens is 242 g/mol. The number of aliphatic hydroxyl groups excluding tert-OH is 2. The molecule has 8 nitrogen and oxygen atoms in total. The first-order valence-electron chi connectivity index (χ1n) is 4.61. The van der Waals surface area contributed by atoms with Crippen LogP contribution in [0.1, 0.15) is 6.92 Å². The average molecular weight is 257 g/mol. The van der Waals surface area contributed by atoms with Crippen LogP contribution in [0.15, 0.2) is 0 Å². The molecule has 5 atom stereocenters. The van der Waals surface area contributed by atoms with Crippen molar-refractivity contribution in [3.05, 3.63) is 0 Å². The predicted octanol–water partition coefficient (Wildman–Crippen LogP) is -2.36. The second-order valence-electron chi connectivity index (χ2n) is 3.65. The molecule has 0 saturated carbocycles. The highest BCUT2D eigenvalue weighted by Crippen LogP contribution is 2.20. The summed E-state index contributed by atoms with van der Waals surface area (Å²) >= 11 is 0. The third kappa shape index (κ3) is 3.35. The van der Waals surface area contributed by atoms with Crippen LogP contribution in [0.3, 0.4) is 0 Å². The first kappa shape index (κ1) is 13.8. The average Bonchev–Trinajstić information content (AvgIpc) is 2.17. The molecule has 1 aliphatic heterocycles. The molecule has 1 fully saturated rings. The molecule has 0 radical (unpaired) electrons. The first-order chi connectivity index (χ1) is 7.22. The zero-order chi connectivity index (χ0) is 12.5. The van der Waals surface area contributed by atoms with Gasteiger partial charge < -0.3 is 20.7 Å². The Morgan fingerprint density at radius 3 is 2.44 bits per heavy atom. The summed E-state index contributed by atoms with van der Waals surface area (Å²) in [7, 11) is -4.60. The third-order valence-corrected chi connectivity index (χ3v) is 2.87. The van der Waals surface area contributed by atoms with Crippen LogP contribution in [0.2, 0.25) is 0 Å². The quantitative estimate of drug-likeness (QED) is 0.412. The molecule has 2 unspecified atom stereocenters. The monoisotopic (exact) mass is 257 g/mol. The van der Waals surface area contributed by atoms with Gasteiger partial charge >= 0.3 is 10.4 Å². The fraction of sp³-hybridized carbons (Fsp3) is 1.00. The molecule has 0 amide bonds. The number of rotatable bonds is 3. The minimum absolute atomic E-state index is 0.562. The summed E-state index contributed by atoms with van der Waals surface area (Å²) in [6, 6.07) is -0.767. The molecule has 0 aliphatic carbocycles. The fourth-order valence-electron chi connectivity index (χ4n) is 1.46. The maximum Gasteiger partial charge on any atom is 0.397 e. The Labute approximate surface area is 92.9 Å². The van der Waals surface area contributed by atoms with Gasteiger partial charge in [-0.15, -0.1) is 0 Å². The normalized spacial score (nSPS) is 40.9. The van der Waals surface area contributed by atoms with E-state index in [-0.39, 0.29) is 0 Å². The molecule has 0 aromatic heterocycles. The van der Waals surface area contributed by atoms with E-state index in [1.165, 1.54) is 0 Å². The van der Waals surface area contributed by atoms with Crippen molar-refractivity contribution in [3.63, 3.8) is 0 Å². The maximum atomic E-state index is 10.3. The molecule has 96 valence electrons. The molecule has 16 heavy (non-hydrogen) atoms. The number of ether oxygens (including phenoxy) is 1. The van der Waals surface area contributed by atoms with Gasteiger partial charge in [-0.3, -0.25) is 4.55 Å². The number of nitrogens with two attached hydrogens (primary N) is 1. The predicted molar refractivity (Wildman–Crippen MR) is 51.8 cm³/mol. The van der Waals surface area contributed by atoms with E-state index < -0.39 is 47.5 Å². The molecule has 1 heterocycles. The summed E-state index contributed by atoms with van der Waals surface area (Å²) in [6.45, 7) is 0.980. The van der Waals surface area contributed by atoms with Crippen LogP contribution in [-0.4, -0.2) is 60.2 Å². The van der Waals surface area contributed by atoms with Gasteiger partial charge in [0.25, 0.3) is 0 Å². The van der Waals surface area contributed by atoms with Crippen LogP contribution in [0.4, 0.5) is 0 Å². The largest absolute Gasteiger partial charge is 0.397 e. The molecule has 9 heteroatoms. The molecule has 0 aromatic rings. The van der Waals surface area contributed by atoms with E-state index in [2.05, 4.69) is 4.18 Å². The number of hydrogen-bond acceptors (Lipinski definition) is 7. The lowest BCUT2D eigenvalue weighted by atomic mass is 9.94. The van der Waals surface area contributed by atoms with E-state index in [1.54, 1.807) is 6.92 Å². The van der Waals surface area contributed by atoms with E-state index >= 15 is 0 Å². The van der Waals surface area contributed by atoms with Crippen molar-refractivity contribution in [3.8, 4) is 0 Å². The number of aliphatic hydroxyl groups is 2. The van der Waals surface area contributed by atoms with Crippen LogP contribution in [0, 0.1) is 0 Å². The Balaban J connectivity index is 2.61. The lowest BCUT2D eigenvalue weighted by Gasteiger charge is -2.39. The van der Waals surface area contributed by atoms with Gasteiger partial charge in [-0.2, -0.15) is 8.42 Å². The third-order valence-electron chi connectivity index (χ3n) is 2.44. The second-order valence-corrected chi connectivity index (χ2v) is 4.74. The van der Waals surface area contributed by atoms with Crippen molar-refractivity contribution in [2.45, 2.75) is 37.4 Å². The van der Waals surface area contributed by atoms with Crippen molar-refractivity contribution < 1.29 is 32.1 Å². The Bertz CT molecular complexity index is 332. The Kier molecular flexibility index (Phi) is 4.23. The molecule has 1 rings (SSSR count). The Morgan fingerprint density at radius 2 is 1.94 bits per heavy atom. The van der Waals surface area contributed by atoms with Crippen LogP contribution in [0.25, 0.3) is 0 Å². The molecule has 0 aromatic carbocycles. The lowest BCUT2D eigenvalue weighted by molar-refractivity contribution is -0.181. The molecule has 0 bridgehead atoms. The second kappa shape index (κ2) is 4.92. The summed E-state index contributed by atoms with van der Waals surface area (Å²) in [5.74, 6) is 0. The highest BCUT2D eigenvalue weighted by Gasteiger charge is 2.41. The smallest absolute Gasteiger partial charge is 0.389 e. The number of hydrogen-bond donors (Lipinski definition) is 4. The van der Waals surface area contributed by atoms with Crippen molar-refractivity contribution >= 4 is 10.4 Å². The molecular formula is C7H15NO7S. The van der Waals surface area contributed by atoms with Gasteiger partial charge in [0.1, 0.15) is 18.3 Å². The zero-order valence-corrected chi connectivity index (χ0v) is 9.37. The first-order valence-corrected chi connectivity index (χ1v) is 5.98. The van der Waals surface area contributed by atoms with E-state index in [9.17, 15) is 18.6 Å². The van der Waals surface area contributed by atoms with Crippen LogP contribution >= 0.6 is 0 Å². The lowest BCUT2D eigenvalue weighted by Crippen LogP contribution is -2.61. The zero-order valence-electron chi connectivity index (χ0n) is 8.55. The summed E-state index contributed by atoms with van der Waals surface area (Å²) in [5.41, 5.74) is 5.51. The van der Waals surface area contributed by atoms with Crippen LogP contribution < -0.4 is 5.73 Å². The van der Waals surface area contributed by atoms with Crippen LogP contribution in [0.5, 0.6) is 0 Å². The van der Waals surface area contributed by atoms with E-state index in [0.717, 1.165) is 0 Å². The molecule has 1 saturated heterocycles. The van der Waals surface area contributed by atoms with Crippen molar-refractivity contribution in [2.75, 3.05) is 6.61 Å². The standard InChI is InChI=1S/C7H15NO7S/c1-3-5(8)7(10)6(9)4(15-3)2-14-16(11,12)13/h3-7,9-10H,2,8H2,1H3,(H,11,12,13)/t3-,4?,5+,6+,7?/m0/s1. The van der Waals surface area contributed by atoms with Gasteiger partial charge in [0.05, 0.1) is 18.8 Å². The van der Waals surface area contributed by atoms with Gasteiger partial charge in [-0.1, -0.05) is 0 Å². The maximum absolute atomic E-state index is 10.3. The van der Waals surface area contributed by atoms with Crippen LogP contribution in [-0.2, 0) is 19.3 Å². The minimum Gasteiger partial charge on any atom is -0.389 e. The highest BCUT2D eigenvalue weighted by atomic mass is 32.3.